The molecule has 1 aliphatic rings. The molecule has 1 aromatic heterocycles. The average Bonchev–Trinajstić information content (AvgIpc) is 2.78. The van der Waals surface area contributed by atoms with Crippen LogP contribution in [0.3, 0.4) is 0 Å². The maximum Gasteiger partial charge on any atom is 0.312 e. The average molecular weight is 300 g/mol. The molecule has 1 amide bonds. The molecule has 0 saturated carbocycles. The minimum Gasteiger partial charge on any atom is -0.469 e. The summed E-state index contributed by atoms with van der Waals surface area (Å²) in [5.41, 5.74) is 2.31. The van der Waals surface area contributed by atoms with Gasteiger partial charge in [0.1, 0.15) is 0 Å². The fourth-order valence-corrected chi connectivity index (χ4v) is 3.01. The Morgan fingerprint density at radius 1 is 1.27 bits per heavy atom. The molecule has 1 aliphatic heterocycles. The van der Waals surface area contributed by atoms with E-state index in [9.17, 15) is 9.59 Å². The number of hydrogen-bond donors (Lipinski definition) is 0. The monoisotopic (exact) mass is 300 g/mol. The Morgan fingerprint density at radius 3 is 2.73 bits per heavy atom. The summed E-state index contributed by atoms with van der Waals surface area (Å²) in [6, 6.07) is 10.3. The van der Waals surface area contributed by atoms with Gasteiger partial charge in [-0.25, -0.2) is 0 Å². The van der Waals surface area contributed by atoms with Gasteiger partial charge in [-0.2, -0.15) is 0 Å². The summed E-state index contributed by atoms with van der Waals surface area (Å²) in [4.78, 5) is 25.2. The fraction of sp³-hybridized carbons (Fsp3) is 0.412. The standard InChI is InChI=1S/C17H20N2O3/c1-12-9-13-5-3-4-6-15(13)19(12)8-7-16(20)18-10-14(11-18)17(21)22-2/h3-6,9,14H,7-8,10-11H2,1-2H3. The number of aromatic nitrogens is 1. The number of amides is 1. The Labute approximate surface area is 129 Å². The van der Waals surface area contributed by atoms with Gasteiger partial charge in [0.05, 0.1) is 13.0 Å². The topological polar surface area (TPSA) is 51.5 Å². The molecule has 1 fully saturated rings. The predicted molar refractivity (Wildman–Crippen MR) is 83.4 cm³/mol. The molecular formula is C17H20N2O3. The van der Waals surface area contributed by atoms with Crippen molar-refractivity contribution in [3.05, 3.63) is 36.0 Å². The SMILES string of the molecule is COC(=O)C1CN(C(=O)CCn2c(C)cc3ccccc32)C1. The Balaban J connectivity index is 1.60. The Morgan fingerprint density at radius 2 is 2.00 bits per heavy atom. The van der Waals surface area contributed by atoms with Gasteiger partial charge in [-0.05, 0) is 24.4 Å². The molecule has 0 N–H and O–H groups in total. The zero-order chi connectivity index (χ0) is 15.7. The van der Waals surface area contributed by atoms with Gasteiger partial charge < -0.3 is 14.2 Å². The van der Waals surface area contributed by atoms with Crippen molar-refractivity contribution in [2.75, 3.05) is 20.2 Å². The minimum absolute atomic E-state index is 0.0948. The molecule has 5 nitrogen and oxygen atoms in total. The van der Waals surface area contributed by atoms with Crippen LogP contribution < -0.4 is 0 Å². The lowest BCUT2D eigenvalue weighted by molar-refractivity contribution is -0.155. The van der Waals surface area contributed by atoms with Crippen LogP contribution >= 0.6 is 0 Å². The van der Waals surface area contributed by atoms with Gasteiger partial charge in [0.25, 0.3) is 0 Å². The van der Waals surface area contributed by atoms with Gasteiger partial charge in [0, 0.05) is 37.3 Å². The molecule has 5 heteroatoms. The van der Waals surface area contributed by atoms with Crippen LogP contribution in [-0.4, -0.2) is 41.5 Å². The number of carbonyl (C=O) groups excluding carboxylic acids is 2. The number of benzene rings is 1. The fourth-order valence-electron chi connectivity index (χ4n) is 3.01. The lowest BCUT2D eigenvalue weighted by atomic mass is 10.00. The first-order valence-corrected chi connectivity index (χ1v) is 7.50. The minimum atomic E-state index is -0.226. The second-order valence-corrected chi connectivity index (χ2v) is 5.76. The summed E-state index contributed by atoms with van der Waals surface area (Å²) in [5.74, 6) is -0.281. The Kier molecular flexibility index (Phi) is 3.88. The van der Waals surface area contributed by atoms with Crippen LogP contribution in [-0.2, 0) is 20.9 Å². The zero-order valence-corrected chi connectivity index (χ0v) is 12.9. The van der Waals surface area contributed by atoms with Crippen LogP contribution in [0.4, 0.5) is 0 Å². The van der Waals surface area contributed by atoms with Crippen molar-refractivity contribution < 1.29 is 14.3 Å². The van der Waals surface area contributed by atoms with Crippen LogP contribution in [0.25, 0.3) is 10.9 Å². The largest absolute Gasteiger partial charge is 0.469 e. The van der Waals surface area contributed by atoms with Gasteiger partial charge in [0.2, 0.25) is 5.91 Å². The van der Waals surface area contributed by atoms with E-state index < -0.39 is 0 Å². The maximum atomic E-state index is 12.2. The Bertz CT molecular complexity index is 714. The summed E-state index contributed by atoms with van der Waals surface area (Å²) in [6.45, 7) is 3.69. The number of rotatable bonds is 4. The van der Waals surface area contributed by atoms with E-state index in [1.165, 1.54) is 12.5 Å². The predicted octanol–water partition coefficient (Wildman–Crippen LogP) is 1.97. The maximum absolute atomic E-state index is 12.2. The van der Waals surface area contributed by atoms with Gasteiger partial charge in [-0.1, -0.05) is 18.2 Å². The van der Waals surface area contributed by atoms with Crippen molar-refractivity contribution in [1.82, 2.24) is 9.47 Å². The van der Waals surface area contributed by atoms with Crippen LogP contribution in [0.1, 0.15) is 12.1 Å². The first-order valence-electron chi connectivity index (χ1n) is 7.50. The number of carbonyl (C=O) groups is 2. The third-order valence-corrected chi connectivity index (χ3v) is 4.34. The molecule has 0 bridgehead atoms. The van der Waals surface area contributed by atoms with E-state index in [0.717, 1.165) is 11.2 Å². The smallest absolute Gasteiger partial charge is 0.312 e. The molecule has 116 valence electrons. The summed E-state index contributed by atoms with van der Waals surface area (Å²) < 4.78 is 6.86. The van der Waals surface area contributed by atoms with E-state index in [4.69, 9.17) is 0 Å². The van der Waals surface area contributed by atoms with Crippen molar-refractivity contribution in [1.29, 1.82) is 0 Å². The lowest BCUT2D eigenvalue weighted by Crippen LogP contribution is -2.53. The second-order valence-electron chi connectivity index (χ2n) is 5.76. The van der Waals surface area contributed by atoms with Crippen molar-refractivity contribution in [2.24, 2.45) is 5.92 Å². The first kappa shape index (κ1) is 14.6. The molecule has 1 saturated heterocycles. The van der Waals surface area contributed by atoms with Gasteiger partial charge in [-0.15, -0.1) is 0 Å². The number of likely N-dealkylation sites (tertiary alicyclic amines) is 1. The van der Waals surface area contributed by atoms with E-state index in [1.54, 1.807) is 4.90 Å². The zero-order valence-electron chi connectivity index (χ0n) is 12.9. The summed E-state index contributed by atoms with van der Waals surface area (Å²) in [6.07, 6.45) is 0.452. The van der Waals surface area contributed by atoms with E-state index in [-0.39, 0.29) is 17.8 Å². The molecule has 0 radical (unpaired) electrons. The van der Waals surface area contributed by atoms with Crippen LogP contribution in [0.15, 0.2) is 30.3 Å². The molecule has 2 aromatic rings. The second kappa shape index (κ2) is 5.83. The number of fused-ring (bicyclic) bond motifs is 1. The molecular weight excluding hydrogens is 280 g/mol. The number of aryl methyl sites for hydroxylation is 2. The molecule has 3 rings (SSSR count). The molecule has 1 aromatic carbocycles. The first-order chi connectivity index (χ1) is 10.6. The van der Waals surface area contributed by atoms with Crippen molar-refractivity contribution in [3.8, 4) is 0 Å². The number of hydrogen-bond acceptors (Lipinski definition) is 3. The highest BCUT2D eigenvalue weighted by molar-refractivity contribution is 5.83. The number of esters is 1. The van der Waals surface area contributed by atoms with Gasteiger partial charge >= 0.3 is 5.97 Å². The Hall–Kier alpha value is -2.30. The highest BCUT2D eigenvalue weighted by atomic mass is 16.5. The van der Waals surface area contributed by atoms with Crippen LogP contribution in [0.5, 0.6) is 0 Å². The van der Waals surface area contributed by atoms with Crippen molar-refractivity contribution in [2.45, 2.75) is 19.9 Å². The number of ether oxygens (including phenoxy) is 1. The molecule has 0 spiro atoms. The number of methoxy groups -OCH3 is 1. The highest BCUT2D eigenvalue weighted by Crippen LogP contribution is 2.21. The third kappa shape index (κ3) is 2.58. The van der Waals surface area contributed by atoms with Crippen molar-refractivity contribution in [3.63, 3.8) is 0 Å². The van der Waals surface area contributed by atoms with E-state index in [1.807, 2.05) is 12.1 Å². The summed E-state index contributed by atoms with van der Waals surface area (Å²) in [7, 11) is 1.38. The van der Waals surface area contributed by atoms with Crippen LogP contribution in [0, 0.1) is 12.8 Å². The molecule has 0 aliphatic carbocycles. The van der Waals surface area contributed by atoms with Crippen molar-refractivity contribution >= 4 is 22.8 Å². The highest BCUT2D eigenvalue weighted by Gasteiger charge is 2.35. The van der Waals surface area contributed by atoms with E-state index in [0.29, 0.717) is 26.1 Å². The summed E-state index contributed by atoms with van der Waals surface area (Å²) in [5, 5.41) is 1.20. The molecule has 2 heterocycles. The van der Waals surface area contributed by atoms with E-state index >= 15 is 0 Å². The van der Waals surface area contributed by atoms with Gasteiger partial charge in [-0.3, -0.25) is 9.59 Å². The van der Waals surface area contributed by atoms with Gasteiger partial charge in [0.15, 0.2) is 0 Å². The molecule has 22 heavy (non-hydrogen) atoms. The van der Waals surface area contributed by atoms with Crippen LogP contribution in [0.2, 0.25) is 0 Å². The third-order valence-electron chi connectivity index (χ3n) is 4.34. The quantitative estimate of drug-likeness (QED) is 0.811. The number of para-hydroxylation sites is 1. The normalized spacial score (nSPS) is 14.9. The molecule has 0 atom stereocenters. The molecule has 0 unspecified atom stereocenters. The number of nitrogens with zero attached hydrogens (tertiary/aromatic N) is 2. The summed E-state index contributed by atoms with van der Waals surface area (Å²) >= 11 is 0. The van der Waals surface area contributed by atoms with E-state index in [2.05, 4.69) is 34.4 Å². The lowest BCUT2D eigenvalue weighted by Gasteiger charge is -2.37.